The lowest BCUT2D eigenvalue weighted by Crippen LogP contribution is -2.54. The molecule has 1 aliphatic rings. The van der Waals surface area contributed by atoms with Gasteiger partial charge in [0.15, 0.2) is 0 Å². The smallest absolute Gasteiger partial charge is 0.244 e. The number of carbonyl (C=O) groups excluding carboxylic acids is 1. The third-order valence-electron chi connectivity index (χ3n) is 3.25. The average molecular weight is 252 g/mol. The van der Waals surface area contributed by atoms with Gasteiger partial charge in [0.1, 0.15) is 11.4 Å². The molecule has 0 saturated carbocycles. The molecule has 18 heavy (non-hydrogen) atoms. The summed E-state index contributed by atoms with van der Waals surface area (Å²) < 4.78 is 18.3. The van der Waals surface area contributed by atoms with Crippen molar-refractivity contribution in [3.8, 4) is 0 Å². The number of aryl methyl sites for hydroxylation is 1. The average Bonchev–Trinajstić information content (AvgIpc) is 2.35. The van der Waals surface area contributed by atoms with Gasteiger partial charge in [-0.3, -0.25) is 4.79 Å². The predicted molar refractivity (Wildman–Crippen MR) is 66.7 cm³/mol. The van der Waals surface area contributed by atoms with Crippen molar-refractivity contribution in [2.45, 2.75) is 25.3 Å². The van der Waals surface area contributed by atoms with E-state index < -0.39 is 5.54 Å². The fraction of sp³-hybridized carbons (Fsp3) is 0.462. The maximum atomic E-state index is 13.1. The van der Waals surface area contributed by atoms with Gasteiger partial charge in [0.05, 0.1) is 0 Å². The van der Waals surface area contributed by atoms with Crippen LogP contribution in [0.15, 0.2) is 18.2 Å². The Labute approximate surface area is 105 Å². The Kier molecular flexibility index (Phi) is 3.63. The molecule has 2 rings (SSSR count). The molecule has 0 aliphatic carbocycles. The first-order chi connectivity index (χ1) is 8.51. The Hall–Kier alpha value is -1.46. The van der Waals surface area contributed by atoms with Gasteiger partial charge in [0.25, 0.3) is 0 Å². The molecule has 1 saturated heterocycles. The molecule has 0 spiro atoms. The summed E-state index contributed by atoms with van der Waals surface area (Å²) in [6.45, 7) is 2.64. The third kappa shape index (κ3) is 2.68. The number of hydrogen-bond acceptors (Lipinski definition) is 3. The maximum Gasteiger partial charge on any atom is 0.244 e. The van der Waals surface area contributed by atoms with Crippen LogP contribution in [0.1, 0.15) is 18.4 Å². The number of nitrogens with one attached hydrogen (secondary N) is 1. The van der Waals surface area contributed by atoms with E-state index in [2.05, 4.69) is 5.32 Å². The first-order valence-electron chi connectivity index (χ1n) is 5.95. The van der Waals surface area contributed by atoms with Gasteiger partial charge in [0, 0.05) is 18.9 Å². The Morgan fingerprint density at radius 3 is 2.72 bits per heavy atom. The highest BCUT2D eigenvalue weighted by molar-refractivity contribution is 5.98. The van der Waals surface area contributed by atoms with Crippen LogP contribution in [-0.2, 0) is 9.53 Å². The number of carbonyl (C=O) groups is 1. The van der Waals surface area contributed by atoms with E-state index in [9.17, 15) is 9.18 Å². The SMILES string of the molecule is Cc1cc(NC(=O)C2(N)CCOCC2)ccc1F. The Bertz CT molecular complexity index is 456. The van der Waals surface area contributed by atoms with Crippen molar-refractivity contribution in [3.63, 3.8) is 0 Å². The van der Waals surface area contributed by atoms with Crippen LogP contribution in [0.3, 0.4) is 0 Å². The van der Waals surface area contributed by atoms with E-state index in [0.29, 0.717) is 37.3 Å². The highest BCUT2D eigenvalue weighted by atomic mass is 19.1. The van der Waals surface area contributed by atoms with Gasteiger partial charge in [-0.05, 0) is 43.5 Å². The van der Waals surface area contributed by atoms with Crippen LogP contribution < -0.4 is 11.1 Å². The van der Waals surface area contributed by atoms with Crippen LogP contribution in [-0.4, -0.2) is 24.7 Å². The number of benzene rings is 1. The molecule has 1 aromatic carbocycles. The number of ether oxygens (including phenoxy) is 1. The van der Waals surface area contributed by atoms with Crippen molar-refractivity contribution in [1.29, 1.82) is 0 Å². The molecule has 4 nitrogen and oxygen atoms in total. The van der Waals surface area contributed by atoms with Crippen LogP contribution in [0.25, 0.3) is 0 Å². The van der Waals surface area contributed by atoms with Crippen LogP contribution in [0.2, 0.25) is 0 Å². The molecule has 0 radical (unpaired) electrons. The molecule has 1 aromatic rings. The molecule has 1 amide bonds. The quantitative estimate of drug-likeness (QED) is 0.840. The zero-order valence-electron chi connectivity index (χ0n) is 10.3. The third-order valence-corrected chi connectivity index (χ3v) is 3.25. The maximum absolute atomic E-state index is 13.1. The fourth-order valence-corrected chi connectivity index (χ4v) is 1.94. The summed E-state index contributed by atoms with van der Waals surface area (Å²) in [6.07, 6.45) is 0.998. The first-order valence-corrected chi connectivity index (χ1v) is 5.95. The molecule has 5 heteroatoms. The molecule has 0 atom stereocenters. The van der Waals surface area contributed by atoms with Crippen molar-refractivity contribution in [2.24, 2.45) is 5.73 Å². The van der Waals surface area contributed by atoms with Crippen molar-refractivity contribution in [2.75, 3.05) is 18.5 Å². The largest absolute Gasteiger partial charge is 0.381 e. The number of anilines is 1. The van der Waals surface area contributed by atoms with Crippen LogP contribution >= 0.6 is 0 Å². The van der Waals surface area contributed by atoms with Gasteiger partial charge in [0.2, 0.25) is 5.91 Å². The van der Waals surface area contributed by atoms with E-state index >= 15 is 0 Å². The molecule has 98 valence electrons. The lowest BCUT2D eigenvalue weighted by molar-refractivity contribution is -0.124. The first kappa shape index (κ1) is 13.0. The Balaban J connectivity index is 2.08. The molecular formula is C13H17FN2O2. The summed E-state index contributed by atoms with van der Waals surface area (Å²) in [4.78, 5) is 12.1. The highest BCUT2D eigenvalue weighted by Gasteiger charge is 2.35. The van der Waals surface area contributed by atoms with Crippen LogP contribution in [0.4, 0.5) is 10.1 Å². The van der Waals surface area contributed by atoms with Gasteiger partial charge >= 0.3 is 0 Å². The molecule has 1 aliphatic heterocycles. The number of amides is 1. The minimum absolute atomic E-state index is 0.239. The Morgan fingerprint density at radius 2 is 2.11 bits per heavy atom. The predicted octanol–water partition coefficient (Wildman–Crippen LogP) is 1.58. The molecular weight excluding hydrogens is 235 g/mol. The molecule has 0 unspecified atom stereocenters. The van der Waals surface area contributed by atoms with E-state index in [1.807, 2.05) is 0 Å². The molecule has 3 N–H and O–H groups in total. The number of nitrogens with two attached hydrogens (primary N) is 1. The van der Waals surface area contributed by atoms with E-state index in [1.54, 1.807) is 13.0 Å². The van der Waals surface area contributed by atoms with Crippen molar-refractivity contribution in [3.05, 3.63) is 29.6 Å². The fourth-order valence-electron chi connectivity index (χ4n) is 1.94. The van der Waals surface area contributed by atoms with Gasteiger partial charge in [-0.25, -0.2) is 4.39 Å². The topological polar surface area (TPSA) is 64.4 Å². The monoisotopic (exact) mass is 252 g/mol. The lowest BCUT2D eigenvalue weighted by Gasteiger charge is -2.31. The van der Waals surface area contributed by atoms with E-state index in [4.69, 9.17) is 10.5 Å². The van der Waals surface area contributed by atoms with Crippen molar-refractivity contribution >= 4 is 11.6 Å². The summed E-state index contributed by atoms with van der Waals surface area (Å²) in [7, 11) is 0. The van der Waals surface area contributed by atoms with Crippen LogP contribution in [0.5, 0.6) is 0 Å². The van der Waals surface area contributed by atoms with Crippen molar-refractivity contribution in [1.82, 2.24) is 0 Å². The summed E-state index contributed by atoms with van der Waals surface area (Å²) in [5, 5.41) is 2.73. The van der Waals surface area contributed by atoms with Gasteiger partial charge in [-0.2, -0.15) is 0 Å². The summed E-state index contributed by atoms with van der Waals surface area (Å²) in [6, 6.07) is 4.46. The molecule has 1 fully saturated rings. The second kappa shape index (κ2) is 5.04. The minimum Gasteiger partial charge on any atom is -0.381 e. The number of rotatable bonds is 2. The summed E-state index contributed by atoms with van der Waals surface area (Å²) in [5.41, 5.74) is 6.22. The Morgan fingerprint density at radius 1 is 1.44 bits per heavy atom. The molecule has 0 aromatic heterocycles. The second-order valence-electron chi connectivity index (χ2n) is 4.69. The van der Waals surface area contributed by atoms with Gasteiger partial charge in [-0.15, -0.1) is 0 Å². The number of hydrogen-bond donors (Lipinski definition) is 2. The zero-order chi connectivity index (χ0) is 13.2. The van der Waals surface area contributed by atoms with E-state index in [1.165, 1.54) is 12.1 Å². The zero-order valence-corrected chi connectivity index (χ0v) is 10.3. The van der Waals surface area contributed by atoms with Crippen LogP contribution in [0, 0.1) is 12.7 Å². The molecule has 0 bridgehead atoms. The van der Waals surface area contributed by atoms with Gasteiger partial charge in [-0.1, -0.05) is 0 Å². The van der Waals surface area contributed by atoms with Crippen molar-refractivity contribution < 1.29 is 13.9 Å². The minimum atomic E-state index is -0.888. The second-order valence-corrected chi connectivity index (χ2v) is 4.69. The lowest BCUT2D eigenvalue weighted by atomic mass is 9.90. The summed E-state index contributed by atoms with van der Waals surface area (Å²) in [5.74, 6) is -0.529. The number of halogens is 1. The van der Waals surface area contributed by atoms with Gasteiger partial charge < -0.3 is 15.8 Å². The normalized spacial score (nSPS) is 18.4. The highest BCUT2D eigenvalue weighted by Crippen LogP contribution is 2.21. The standard InChI is InChI=1S/C13H17FN2O2/c1-9-8-10(2-3-11(9)14)16-12(17)13(15)4-6-18-7-5-13/h2-3,8H,4-7,15H2,1H3,(H,16,17). The van der Waals surface area contributed by atoms with E-state index in [0.717, 1.165) is 0 Å². The molecule has 1 heterocycles. The van der Waals surface area contributed by atoms with E-state index in [-0.39, 0.29) is 11.7 Å². The summed E-state index contributed by atoms with van der Waals surface area (Å²) >= 11 is 0.